The van der Waals surface area contributed by atoms with Gasteiger partial charge in [0, 0.05) is 18.2 Å². The number of Topliss-reactive ketones (excluding diaryl/α,β-unsaturated/α-hetero) is 1. The highest BCUT2D eigenvalue weighted by molar-refractivity contribution is 7.47. The average molecular weight is 546 g/mol. The van der Waals surface area contributed by atoms with E-state index in [2.05, 4.69) is 4.52 Å². The summed E-state index contributed by atoms with van der Waals surface area (Å²) < 4.78 is 49.3. The van der Waals surface area contributed by atoms with Gasteiger partial charge in [-0.05, 0) is 13.8 Å². The third-order valence-electron chi connectivity index (χ3n) is 5.18. The maximum atomic E-state index is 12.4. The lowest BCUT2D eigenvalue weighted by Gasteiger charge is -2.34. The van der Waals surface area contributed by atoms with Crippen molar-refractivity contribution in [2.24, 2.45) is 0 Å². The number of aromatic nitrogens is 2. The highest BCUT2D eigenvalue weighted by Gasteiger charge is 2.47. The van der Waals surface area contributed by atoms with E-state index in [1.54, 1.807) is 0 Å². The number of H-pyrrole nitrogens is 1. The molecule has 2 saturated heterocycles. The molecule has 1 unspecified atom stereocenters. The fraction of sp³-hybridized carbons (Fsp3) is 0.688. The second-order valence-electron chi connectivity index (χ2n) is 7.83. The third kappa shape index (κ3) is 6.80. The van der Waals surface area contributed by atoms with E-state index in [-0.39, 0.29) is 12.0 Å². The van der Waals surface area contributed by atoms with E-state index in [9.17, 15) is 48.4 Å². The van der Waals surface area contributed by atoms with Crippen LogP contribution in [-0.2, 0) is 37.0 Å². The van der Waals surface area contributed by atoms with Gasteiger partial charge in [-0.1, -0.05) is 0 Å². The van der Waals surface area contributed by atoms with Crippen molar-refractivity contribution in [1.82, 2.24) is 9.55 Å². The molecule has 2 aliphatic heterocycles. The molecule has 0 bridgehead atoms. The minimum Gasteiger partial charge on any atom is -0.385 e. The largest absolute Gasteiger partial charge is 0.474 e. The maximum Gasteiger partial charge on any atom is 0.474 e. The molecule has 8 atom stereocenters. The summed E-state index contributed by atoms with van der Waals surface area (Å²) in [4.78, 5) is 65.8. The first kappa shape index (κ1) is 28.0. The van der Waals surface area contributed by atoms with Crippen molar-refractivity contribution in [3.05, 3.63) is 32.6 Å². The number of nitrogens with one attached hydrogen (secondary N) is 1. The Hall–Kier alpha value is -1.59. The quantitative estimate of drug-likeness (QED) is 0.189. The molecule has 2 aliphatic rings. The SMILES string of the molecule is Cc1cn([C@H]2C[C@H](OP(=O)(O)O)[C@@H](COP(=O)(O)O[C@H]3O[C@H](C)C(=O)[C@H](O)[C@H]3O)O2)c(=O)[nH]c1=O. The summed E-state index contributed by atoms with van der Waals surface area (Å²) in [5.41, 5.74) is -1.41. The topological polar surface area (TPSA) is 253 Å². The molecule has 198 valence electrons. The minimum absolute atomic E-state index is 0.134. The Morgan fingerprint density at radius 1 is 1.14 bits per heavy atom. The van der Waals surface area contributed by atoms with Gasteiger partial charge in [0.1, 0.15) is 36.7 Å². The minimum atomic E-state index is -5.08. The van der Waals surface area contributed by atoms with Crippen molar-refractivity contribution >= 4 is 21.4 Å². The number of hydrogen-bond acceptors (Lipinski definition) is 12. The Balaban J connectivity index is 1.73. The van der Waals surface area contributed by atoms with Crippen molar-refractivity contribution in [1.29, 1.82) is 0 Å². The molecule has 0 aliphatic carbocycles. The lowest BCUT2D eigenvalue weighted by Crippen LogP contribution is -2.54. The standard InChI is InChI=1S/C16H24N2O15P2/c1-6-4-18(16(23)17-14(6)22)10-3-8(32-34(24,25)26)9(31-10)5-29-35(27,28)33-15-13(21)12(20)11(19)7(2)30-15/h4,7-10,12-13,15,20-21H,3,5H2,1-2H3,(H,27,28)(H,17,22,23)(H2,24,25,26)/t7-,8+,9-,10-,12+,13-,15-/m1/s1. The van der Waals surface area contributed by atoms with E-state index in [1.165, 1.54) is 13.8 Å². The second-order valence-corrected chi connectivity index (χ2v) is 10.4. The van der Waals surface area contributed by atoms with Gasteiger partial charge in [-0.2, -0.15) is 0 Å². The number of rotatable bonds is 8. The van der Waals surface area contributed by atoms with Crippen LogP contribution in [0.2, 0.25) is 0 Å². The Morgan fingerprint density at radius 3 is 2.43 bits per heavy atom. The highest BCUT2D eigenvalue weighted by atomic mass is 31.2. The van der Waals surface area contributed by atoms with Crippen molar-refractivity contribution < 1.29 is 61.9 Å². The summed E-state index contributed by atoms with van der Waals surface area (Å²) in [6, 6.07) is 0. The van der Waals surface area contributed by atoms with Crippen LogP contribution >= 0.6 is 15.6 Å². The summed E-state index contributed by atoms with van der Waals surface area (Å²) in [6.07, 6.45) is -10.4. The van der Waals surface area contributed by atoms with E-state index in [0.717, 1.165) is 10.8 Å². The van der Waals surface area contributed by atoms with Gasteiger partial charge >= 0.3 is 21.3 Å². The molecule has 3 rings (SSSR count). The number of hydrogen-bond donors (Lipinski definition) is 6. The van der Waals surface area contributed by atoms with Crippen LogP contribution in [-0.4, -0.2) is 83.6 Å². The molecule has 17 nitrogen and oxygen atoms in total. The van der Waals surface area contributed by atoms with Gasteiger partial charge in [0.25, 0.3) is 5.56 Å². The zero-order valence-corrected chi connectivity index (χ0v) is 20.0. The molecule has 0 spiro atoms. The first-order valence-corrected chi connectivity index (χ1v) is 13.0. The molecule has 0 amide bonds. The number of aliphatic hydroxyl groups is 2. The first-order valence-electron chi connectivity index (χ1n) is 10.0. The van der Waals surface area contributed by atoms with Crippen molar-refractivity contribution in [2.45, 2.75) is 63.3 Å². The Kier molecular flexibility index (Phi) is 8.33. The van der Waals surface area contributed by atoms with Gasteiger partial charge in [0.05, 0.1) is 6.61 Å². The Morgan fingerprint density at radius 2 is 1.80 bits per heavy atom. The van der Waals surface area contributed by atoms with Gasteiger partial charge < -0.3 is 34.4 Å². The predicted octanol–water partition coefficient (Wildman–Crippen LogP) is -2.22. The fourth-order valence-electron chi connectivity index (χ4n) is 3.43. The first-order chi connectivity index (χ1) is 16.1. The lowest BCUT2D eigenvalue weighted by atomic mass is 10.0. The predicted molar refractivity (Wildman–Crippen MR) is 110 cm³/mol. The van der Waals surface area contributed by atoms with E-state index in [1.807, 2.05) is 4.98 Å². The average Bonchev–Trinajstić information content (AvgIpc) is 3.12. The van der Waals surface area contributed by atoms with E-state index in [0.29, 0.717) is 0 Å². The van der Waals surface area contributed by atoms with Crippen LogP contribution in [0.25, 0.3) is 0 Å². The molecule has 35 heavy (non-hydrogen) atoms. The zero-order valence-electron chi connectivity index (χ0n) is 18.2. The van der Waals surface area contributed by atoms with Crippen molar-refractivity contribution in [2.75, 3.05) is 6.61 Å². The summed E-state index contributed by atoms with van der Waals surface area (Å²) >= 11 is 0. The summed E-state index contributed by atoms with van der Waals surface area (Å²) in [5, 5.41) is 19.6. The monoisotopic (exact) mass is 546 g/mol. The highest BCUT2D eigenvalue weighted by Crippen LogP contribution is 2.48. The molecular weight excluding hydrogens is 522 g/mol. The molecule has 0 radical (unpaired) electrons. The maximum absolute atomic E-state index is 12.4. The van der Waals surface area contributed by atoms with E-state index in [4.69, 9.17) is 18.5 Å². The normalized spacial score (nSPS) is 33.6. The number of phosphoric acid groups is 2. The smallest absolute Gasteiger partial charge is 0.385 e. The third-order valence-corrected chi connectivity index (χ3v) is 6.68. The summed E-state index contributed by atoms with van der Waals surface area (Å²) in [7, 11) is -10.1. The van der Waals surface area contributed by atoms with E-state index >= 15 is 0 Å². The number of aryl methyl sites for hydroxylation is 1. The number of ketones is 1. The van der Waals surface area contributed by atoms with Crippen LogP contribution in [0, 0.1) is 6.92 Å². The number of aliphatic hydroxyl groups excluding tert-OH is 2. The van der Waals surface area contributed by atoms with Crippen LogP contribution in [0.3, 0.4) is 0 Å². The summed E-state index contributed by atoms with van der Waals surface area (Å²) in [6.45, 7) is 1.76. The molecule has 2 fully saturated rings. The molecule has 19 heteroatoms. The Bertz CT molecular complexity index is 1160. The van der Waals surface area contributed by atoms with E-state index < -0.39 is 82.3 Å². The molecule has 1 aromatic rings. The zero-order chi connectivity index (χ0) is 26.3. The van der Waals surface area contributed by atoms with Gasteiger partial charge in [-0.3, -0.25) is 32.7 Å². The second kappa shape index (κ2) is 10.4. The number of ether oxygens (including phenoxy) is 2. The van der Waals surface area contributed by atoms with Crippen LogP contribution in [0.5, 0.6) is 0 Å². The van der Waals surface area contributed by atoms with Crippen LogP contribution < -0.4 is 11.2 Å². The number of aromatic amines is 1. The molecular formula is C16H24N2O15P2. The molecule has 0 saturated carbocycles. The number of phosphoric ester groups is 2. The van der Waals surface area contributed by atoms with Gasteiger partial charge in [-0.15, -0.1) is 0 Å². The van der Waals surface area contributed by atoms with Gasteiger partial charge in [-0.25, -0.2) is 13.9 Å². The molecule has 6 N–H and O–H groups in total. The van der Waals surface area contributed by atoms with Crippen LogP contribution in [0.4, 0.5) is 0 Å². The number of carbonyl (C=O) groups is 1. The van der Waals surface area contributed by atoms with Crippen LogP contribution in [0.15, 0.2) is 15.8 Å². The van der Waals surface area contributed by atoms with Crippen LogP contribution in [0.1, 0.15) is 25.1 Å². The van der Waals surface area contributed by atoms with Gasteiger partial charge in [0.2, 0.25) is 0 Å². The molecule has 0 aromatic carbocycles. The summed E-state index contributed by atoms with van der Waals surface area (Å²) in [5.74, 6) is -0.874. The number of carbonyl (C=O) groups excluding carboxylic acids is 1. The Labute approximate surface area is 196 Å². The molecule has 1 aromatic heterocycles. The van der Waals surface area contributed by atoms with Crippen molar-refractivity contribution in [3.63, 3.8) is 0 Å². The van der Waals surface area contributed by atoms with Gasteiger partial charge in [0.15, 0.2) is 12.1 Å². The molecule has 3 heterocycles. The fourth-order valence-corrected chi connectivity index (χ4v) is 4.84. The lowest BCUT2D eigenvalue weighted by molar-refractivity contribution is -0.227. The van der Waals surface area contributed by atoms with Crippen molar-refractivity contribution in [3.8, 4) is 0 Å². The number of nitrogens with zero attached hydrogens (tertiary/aromatic N) is 1.